The van der Waals surface area contributed by atoms with Crippen LogP contribution in [0.15, 0.2) is 54.2 Å². The number of aromatic amines is 1. The quantitative estimate of drug-likeness (QED) is 0.158. The largest absolute Gasteiger partial charge is 0.399 e. The van der Waals surface area contributed by atoms with E-state index in [2.05, 4.69) is 15.3 Å². The van der Waals surface area contributed by atoms with Gasteiger partial charge in [0.15, 0.2) is 11.6 Å². The molecule has 0 bridgehead atoms. The van der Waals surface area contributed by atoms with Crippen molar-refractivity contribution in [3.63, 3.8) is 0 Å². The molecule has 3 rings (SSSR count). The standard InChI is InChI=1S/C10H9N3O2.C7H9N.C7H12O.2C2H6/c1-6(15)9-3-7-2-8(12-5-14)4-11-10(7)13-9;1-6-3-2-4-7(8)5-6;1-4-5-6(2)7(3)8;2*1-2/h2-5H,1H3,(H,11,13)(H,12,14);2-5H,8H2,1H3;5H,4H2,1-3H3;2*1-2H3/b;;6-5+;;. The highest BCUT2D eigenvalue weighted by atomic mass is 16.1. The molecule has 7 heteroatoms. The lowest BCUT2D eigenvalue weighted by Gasteiger charge is -1.95. The van der Waals surface area contributed by atoms with Gasteiger partial charge in [0.2, 0.25) is 6.41 Å². The molecule has 2 aromatic heterocycles. The average molecular weight is 483 g/mol. The van der Waals surface area contributed by atoms with Crippen LogP contribution in [0.2, 0.25) is 0 Å². The number of ketones is 2. The van der Waals surface area contributed by atoms with Crippen molar-refractivity contribution in [1.29, 1.82) is 0 Å². The zero-order valence-corrected chi connectivity index (χ0v) is 22.7. The van der Waals surface area contributed by atoms with Gasteiger partial charge in [-0.15, -0.1) is 0 Å². The van der Waals surface area contributed by atoms with Crippen LogP contribution in [0.3, 0.4) is 0 Å². The highest BCUT2D eigenvalue weighted by Crippen LogP contribution is 2.17. The number of fused-ring (bicyclic) bond motifs is 1. The molecule has 0 spiro atoms. The zero-order chi connectivity index (χ0) is 27.4. The number of H-pyrrole nitrogens is 1. The molecule has 0 aliphatic heterocycles. The first kappa shape index (κ1) is 33.4. The van der Waals surface area contributed by atoms with Crippen molar-refractivity contribution >= 4 is 40.4 Å². The van der Waals surface area contributed by atoms with Gasteiger partial charge in [0.05, 0.1) is 17.6 Å². The normalized spacial score (nSPS) is 9.46. The first-order valence-electron chi connectivity index (χ1n) is 11.9. The molecule has 1 aromatic carbocycles. The zero-order valence-electron chi connectivity index (χ0n) is 22.7. The summed E-state index contributed by atoms with van der Waals surface area (Å²) in [5.41, 5.74) is 10.1. The summed E-state index contributed by atoms with van der Waals surface area (Å²) in [6.07, 6.45) is 4.99. The molecule has 0 atom stereocenters. The number of hydrogen-bond donors (Lipinski definition) is 3. The van der Waals surface area contributed by atoms with Crippen LogP contribution in [0.5, 0.6) is 0 Å². The monoisotopic (exact) mass is 482 g/mol. The fraction of sp³-hybridized carbons (Fsp3) is 0.357. The lowest BCUT2D eigenvalue weighted by atomic mass is 10.2. The Hall–Kier alpha value is -3.74. The third kappa shape index (κ3) is 14.2. The number of hydrogen-bond acceptors (Lipinski definition) is 5. The number of nitrogen functional groups attached to an aromatic ring is 1. The summed E-state index contributed by atoms with van der Waals surface area (Å²) in [6.45, 7) is 16.9. The van der Waals surface area contributed by atoms with E-state index in [1.54, 1.807) is 19.1 Å². The van der Waals surface area contributed by atoms with E-state index in [0.29, 0.717) is 23.4 Å². The number of nitrogens with one attached hydrogen (secondary N) is 2. The van der Waals surface area contributed by atoms with Gasteiger partial charge in [-0.05, 0) is 62.6 Å². The number of nitrogens with zero attached hydrogens (tertiary/aromatic N) is 1. The number of benzene rings is 1. The number of pyridine rings is 1. The highest BCUT2D eigenvalue weighted by Gasteiger charge is 2.05. The Labute approximate surface area is 210 Å². The van der Waals surface area contributed by atoms with Gasteiger partial charge in [-0.25, -0.2) is 4.98 Å². The fourth-order valence-electron chi connectivity index (χ4n) is 2.47. The van der Waals surface area contributed by atoms with E-state index in [-0.39, 0.29) is 11.6 Å². The molecule has 0 fully saturated rings. The number of aromatic nitrogens is 2. The Morgan fingerprint density at radius 1 is 1.06 bits per heavy atom. The van der Waals surface area contributed by atoms with Crippen molar-refractivity contribution in [1.82, 2.24) is 9.97 Å². The van der Waals surface area contributed by atoms with Crippen molar-refractivity contribution in [2.24, 2.45) is 0 Å². The van der Waals surface area contributed by atoms with E-state index in [9.17, 15) is 14.4 Å². The average Bonchev–Trinajstić information content (AvgIpc) is 3.27. The molecule has 0 aliphatic rings. The third-order valence-electron chi connectivity index (χ3n) is 4.18. The summed E-state index contributed by atoms with van der Waals surface area (Å²) in [5, 5.41) is 3.29. The summed E-state index contributed by atoms with van der Waals surface area (Å²) in [4.78, 5) is 38.7. The van der Waals surface area contributed by atoms with Crippen LogP contribution in [0.4, 0.5) is 11.4 Å². The van der Waals surface area contributed by atoms with Gasteiger partial charge in [-0.1, -0.05) is 52.8 Å². The molecule has 35 heavy (non-hydrogen) atoms. The maximum atomic E-state index is 11.1. The summed E-state index contributed by atoms with van der Waals surface area (Å²) >= 11 is 0. The summed E-state index contributed by atoms with van der Waals surface area (Å²) in [6, 6.07) is 11.3. The smallest absolute Gasteiger partial charge is 0.211 e. The van der Waals surface area contributed by atoms with Crippen LogP contribution in [0.1, 0.15) is 77.9 Å². The second kappa shape index (κ2) is 19.7. The summed E-state index contributed by atoms with van der Waals surface area (Å²) in [5.74, 6) is 0.129. The molecule has 1 amide bonds. The minimum absolute atomic E-state index is 0.0436. The highest BCUT2D eigenvalue weighted by molar-refractivity contribution is 5.97. The van der Waals surface area contributed by atoms with Gasteiger partial charge in [0, 0.05) is 18.0 Å². The molecular weight excluding hydrogens is 440 g/mol. The van der Waals surface area contributed by atoms with Gasteiger partial charge in [0.1, 0.15) is 5.65 Å². The van der Waals surface area contributed by atoms with Gasteiger partial charge >= 0.3 is 0 Å². The number of anilines is 2. The summed E-state index contributed by atoms with van der Waals surface area (Å²) < 4.78 is 0. The van der Waals surface area contributed by atoms with Gasteiger partial charge in [-0.3, -0.25) is 14.4 Å². The molecule has 7 nitrogen and oxygen atoms in total. The molecule has 0 saturated heterocycles. The Balaban J connectivity index is 0. The molecular formula is C28H42N4O3. The van der Waals surface area contributed by atoms with E-state index in [1.165, 1.54) is 18.7 Å². The van der Waals surface area contributed by atoms with Crippen molar-refractivity contribution in [2.75, 3.05) is 11.1 Å². The number of aryl methyl sites for hydroxylation is 1. The van der Waals surface area contributed by atoms with Gasteiger partial charge in [0.25, 0.3) is 0 Å². The molecule has 0 saturated carbocycles. The first-order chi connectivity index (χ1) is 16.7. The lowest BCUT2D eigenvalue weighted by molar-refractivity contribution is -0.113. The van der Waals surface area contributed by atoms with Crippen molar-refractivity contribution in [2.45, 2.75) is 68.7 Å². The maximum absolute atomic E-state index is 11.1. The van der Waals surface area contributed by atoms with Gasteiger partial charge < -0.3 is 16.0 Å². The van der Waals surface area contributed by atoms with Crippen LogP contribution in [-0.2, 0) is 9.59 Å². The number of amides is 1. The lowest BCUT2D eigenvalue weighted by Crippen LogP contribution is -1.93. The van der Waals surface area contributed by atoms with E-state index in [0.717, 1.165) is 23.1 Å². The van der Waals surface area contributed by atoms with Gasteiger partial charge in [-0.2, -0.15) is 0 Å². The SMILES string of the molecule is CC.CC.CC(=O)c1cc2cc(NC=O)cnc2[nH]1.CC/C=C(\C)C(C)=O.Cc1cccc(N)c1. The fourth-order valence-corrected chi connectivity index (χ4v) is 2.47. The number of Topliss-reactive ketones (excluding diaryl/α,β-unsaturated/α-hetero) is 2. The van der Waals surface area contributed by atoms with Crippen LogP contribution in [0, 0.1) is 6.92 Å². The molecule has 0 radical (unpaired) electrons. The topological polar surface area (TPSA) is 118 Å². The van der Waals surface area contributed by atoms with Crippen LogP contribution >= 0.6 is 0 Å². The number of carbonyl (C=O) groups excluding carboxylic acids is 3. The van der Waals surface area contributed by atoms with Crippen LogP contribution < -0.4 is 11.1 Å². The maximum Gasteiger partial charge on any atom is 0.211 e. The first-order valence-corrected chi connectivity index (χ1v) is 11.9. The molecule has 4 N–H and O–H groups in total. The molecule has 3 aromatic rings. The third-order valence-corrected chi connectivity index (χ3v) is 4.18. The Morgan fingerprint density at radius 3 is 2.09 bits per heavy atom. The number of rotatable bonds is 5. The second-order valence-electron chi connectivity index (χ2n) is 6.93. The summed E-state index contributed by atoms with van der Waals surface area (Å²) in [7, 11) is 0. The Morgan fingerprint density at radius 2 is 1.69 bits per heavy atom. The van der Waals surface area contributed by atoms with Crippen molar-refractivity contribution < 1.29 is 14.4 Å². The molecule has 192 valence electrons. The Kier molecular flexibility index (Phi) is 18.8. The number of carbonyl (C=O) groups is 3. The predicted molar refractivity (Wildman–Crippen MR) is 149 cm³/mol. The molecule has 0 unspecified atom stereocenters. The Bertz CT molecular complexity index is 1050. The van der Waals surface area contributed by atoms with E-state index >= 15 is 0 Å². The van der Waals surface area contributed by atoms with Crippen molar-refractivity contribution in [3.05, 3.63) is 65.5 Å². The minimum atomic E-state index is -0.0436. The number of nitrogens with two attached hydrogens (primary N) is 1. The second-order valence-corrected chi connectivity index (χ2v) is 6.93. The van der Waals surface area contributed by atoms with Crippen molar-refractivity contribution in [3.8, 4) is 0 Å². The molecule has 0 aliphatic carbocycles. The van der Waals surface area contributed by atoms with Crippen LogP contribution in [0.25, 0.3) is 11.0 Å². The van der Waals surface area contributed by atoms with E-state index in [4.69, 9.17) is 5.73 Å². The van der Waals surface area contributed by atoms with E-state index in [1.807, 2.05) is 78.8 Å². The number of allylic oxidation sites excluding steroid dienone is 2. The molecule has 2 heterocycles. The van der Waals surface area contributed by atoms with E-state index < -0.39 is 0 Å². The van der Waals surface area contributed by atoms with Crippen LogP contribution in [-0.4, -0.2) is 27.9 Å². The predicted octanol–water partition coefficient (Wildman–Crippen LogP) is 6.90. The minimum Gasteiger partial charge on any atom is -0.399 e.